The summed E-state index contributed by atoms with van der Waals surface area (Å²) in [7, 11) is -4.72. The van der Waals surface area contributed by atoms with Crippen molar-refractivity contribution in [3.63, 3.8) is 0 Å². The quantitative estimate of drug-likeness (QED) is 0.234. The van der Waals surface area contributed by atoms with Crippen molar-refractivity contribution in [3.05, 3.63) is 107 Å². The van der Waals surface area contributed by atoms with Crippen LogP contribution in [-0.4, -0.2) is 36.3 Å². The number of fused-ring (bicyclic) bond motifs is 1. The zero-order valence-corrected chi connectivity index (χ0v) is 23.0. The fraction of sp³-hybridized carbons (Fsp3) is 0.300. The summed E-state index contributed by atoms with van der Waals surface area (Å²) in [6.07, 6.45) is -7.76. The fourth-order valence-corrected chi connectivity index (χ4v) is 7.10. The van der Waals surface area contributed by atoms with Gasteiger partial charge < -0.3 is 5.32 Å². The standard InChI is InChI=1S/C30H27F6N3O2S/c31-29(32,33)22-15-23(30(34,35)36)17-26(16-22)42(40,41)39-13-11-24(18-25(39)14-20-6-2-1-3-7-20)38-19-21-10-12-37-28-9-5-4-8-27(21)28/h1-10,12,15-17,24-25,38H,11,13-14,18-19H2/t24-,25+/m0/s1. The highest BCUT2D eigenvalue weighted by Crippen LogP contribution is 2.39. The molecule has 1 N–H and O–H groups in total. The minimum absolute atomic E-state index is 0.0700. The smallest absolute Gasteiger partial charge is 0.310 e. The van der Waals surface area contributed by atoms with Crippen LogP contribution in [-0.2, 0) is 35.3 Å². The van der Waals surface area contributed by atoms with E-state index in [1.54, 1.807) is 36.5 Å². The van der Waals surface area contributed by atoms with Gasteiger partial charge in [-0.25, -0.2) is 8.42 Å². The number of aromatic nitrogens is 1. The second-order valence-corrected chi connectivity index (χ2v) is 12.2. The number of hydrogen-bond donors (Lipinski definition) is 1. The van der Waals surface area contributed by atoms with E-state index >= 15 is 0 Å². The molecule has 5 rings (SSSR count). The van der Waals surface area contributed by atoms with Crippen LogP contribution < -0.4 is 5.32 Å². The monoisotopic (exact) mass is 607 g/mol. The molecule has 3 aromatic carbocycles. The maximum absolute atomic E-state index is 13.7. The molecule has 0 saturated carbocycles. The zero-order valence-electron chi connectivity index (χ0n) is 22.2. The average molecular weight is 608 g/mol. The molecule has 12 heteroatoms. The summed E-state index contributed by atoms with van der Waals surface area (Å²) >= 11 is 0. The van der Waals surface area contributed by atoms with Gasteiger partial charge in [0.2, 0.25) is 10.0 Å². The first kappa shape index (κ1) is 30.0. The highest BCUT2D eigenvalue weighted by Gasteiger charge is 2.41. The molecule has 2 heterocycles. The summed E-state index contributed by atoms with van der Waals surface area (Å²) in [6.45, 7) is 0.396. The van der Waals surface area contributed by atoms with Crippen LogP contribution in [0.15, 0.2) is 90.0 Å². The summed E-state index contributed by atoms with van der Waals surface area (Å²) < 4.78 is 110. The Balaban J connectivity index is 1.44. The SMILES string of the molecule is O=S(=O)(c1cc(C(F)(F)F)cc(C(F)(F)F)c1)N1CC[C@H](NCc2ccnc3ccccc23)C[C@H]1Cc1ccccc1. The van der Waals surface area contributed by atoms with Crippen LogP contribution in [0.5, 0.6) is 0 Å². The lowest BCUT2D eigenvalue weighted by Crippen LogP contribution is -2.51. The van der Waals surface area contributed by atoms with Crippen molar-refractivity contribution in [2.24, 2.45) is 0 Å². The molecule has 0 spiro atoms. The number of hydrogen-bond acceptors (Lipinski definition) is 4. The maximum Gasteiger partial charge on any atom is 0.416 e. The van der Waals surface area contributed by atoms with E-state index in [-0.39, 0.29) is 37.2 Å². The summed E-state index contributed by atoms with van der Waals surface area (Å²) in [5.74, 6) is 0. The van der Waals surface area contributed by atoms with Gasteiger partial charge in [-0.05, 0) is 60.7 Å². The Morgan fingerprint density at radius 3 is 2.17 bits per heavy atom. The zero-order chi connectivity index (χ0) is 30.1. The number of alkyl halides is 6. The molecule has 0 radical (unpaired) electrons. The van der Waals surface area contributed by atoms with Crippen molar-refractivity contribution in [1.82, 2.24) is 14.6 Å². The first-order valence-corrected chi connectivity index (χ1v) is 14.7. The van der Waals surface area contributed by atoms with Crippen LogP contribution in [0.3, 0.4) is 0 Å². The lowest BCUT2D eigenvalue weighted by molar-refractivity contribution is -0.143. The number of halogens is 6. The Bertz CT molecular complexity index is 1620. The normalized spacial score (nSPS) is 18.8. The maximum atomic E-state index is 13.7. The molecule has 0 amide bonds. The highest BCUT2D eigenvalue weighted by molar-refractivity contribution is 7.89. The average Bonchev–Trinajstić information content (AvgIpc) is 2.95. The molecule has 1 aliphatic rings. The van der Waals surface area contributed by atoms with Gasteiger partial charge in [-0.15, -0.1) is 0 Å². The predicted molar refractivity (Wildman–Crippen MR) is 146 cm³/mol. The van der Waals surface area contributed by atoms with Gasteiger partial charge in [0.1, 0.15) is 0 Å². The predicted octanol–water partition coefficient (Wildman–Crippen LogP) is 6.83. The van der Waals surface area contributed by atoms with Gasteiger partial charge in [-0.3, -0.25) is 4.98 Å². The van der Waals surface area contributed by atoms with Gasteiger partial charge in [0.15, 0.2) is 0 Å². The molecule has 1 fully saturated rings. The van der Waals surface area contributed by atoms with E-state index in [0.29, 0.717) is 19.4 Å². The van der Waals surface area contributed by atoms with Crippen molar-refractivity contribution >= 4 is 20.9 Å². The van der Waals surface area contributed by atoms with Crippen LogP contribution in [0.1, 0.15) is 35.1 Å². The van der Waals surface area contributed by atoms with Gasteiger partial charge in [0, 0.05) is 36.8 Å². The first-order chi connectivity index (χ1) is 19.8. The van der Waals surface area contributed by atoms with E-state index in [1.807, 2.05) is 30.3 Å². The van der Waals surface area contributed by atoms with Crippen molar-refractivity contribution in [3.8, 4) is 0 Å². The number of nitrogens with zero attached hydrogens (tertiary/aromatic N) is 2. The fourth-order valence-electron chi connectivity index (χ4n) is 5.38. The van der Waals surface area contributed by atoms with Crippen LogP contribution in [0, 0.1) is 0 Å². The van der Waals surface area contributed by atoms with Crippen LogP contribution in [0.2, 0.25) is 0 Å². The number of piperidine rings is 1. The Kier molecular flexibility index (Phi) is 8.32. The molecule has 0 aliphatic carbocycles. The van der Waals surface area contributed by atoms with Gasteiger partial charge in [0.05, 0.1) is 21.5 Å². The largest absolute Gasteiger partial charge is 0.416 e. The number of benzene rings is 3. The number of rotatable bonds is 7. The van der Waals surface area contributed by atoms with Gasteiger partial charge in [-0.1, -0.05) is 48.5 Å². The second-order valence-electron chi connectivity index (χ2n) is 10.3. The molecule has 4 aromatic rings. The van der Waals surface area contributed by atoms with Crippen LogP contribution in [0.4, 0.5) is 26.3 Å². The molecule has 1 aliphatic heterocycles. The molecule has 1 saturated heterocycles. The van der Waals surface area contributed by atoms with E-state index in [0.717, 1.165) is 26.3 Å². The number of pyridine rings is 1. The Hall–Kier alpha value is -3.48. The first-order valence-electron chi connectivity index (χ1n) is 13.2. The number of para-hydroxylation sites is 1. The van der Waals surface area contributed by atoms with Crippen LogP contribution >= 0.6 is 0 Å². The summed E-state index contributed by atoms with van der Waals surface area (Å²) in [5, 5.41) is 4.44. The van der Waals surface area contributed by atoms with Crippen molar-refractivity contribution in [2.75, 3.05) is 6.54 Å². The van der Waals surface area contributed by atoms with E-state index in [1.165, 1.54) is 0 Å². The lowest BCUT2D eigenvalue weighted by atomic mass is 9.94. The molecular weight excluding hydrogens is 580 g/mol. The van der Waals surface area contributed by atoms with Gasteiger partial charge in [0.25, 0.3) is 0 Å². The third kappa shape index (κ3) is 6.61. The Morgan fingerprint density at radius 2 is 1.50 bits per heavy atom. The lowest BCUT2D eigenvalue weighted by Gasteiger charge is -2.39. The van der Waals surface area contributed by atoms with Gasteiger partial charge in [-0.2, -0.15) is 30.6 Å². The topological polar surface area (TPSA) is 62.3 Å². The molecular formula is C30H27F6N3O2S. The molecule has 222 valence electrons. The van der Waals surface area contributed by atoms with Crippen molar-refractivity contribution < 1.29 is 34.8 Å². The summed E-state index contributed by atoms with van der Waals surface area (Å²) in [5.41, 5.74) is -0.713. The molecule has 2 atom stereocenters. The minimum atomic E-state index is -5.16. The Labute approximate surface area is 239 Å². The van der Waals surface area contributed by atoms with Crippen LogP contribution in [0.25, 0.3) is 10.9 Å². The molecule has 1 aromatic heterocycles. The number of sulfonamides is 1. The van der Waals surface area contributed by atoms with Crippen molar-refractivity contribution in [2.45, 2.75) is 55.1 Å². The summed E-state index contributed by atoms with van der Waals surface area (Å²) in [6, 6.07) is 18.1. The highest BCUT2D eigenvalue weighted by atomic mass is 32.2. The van der Waals surface area contributed by atoms with E-state index in [9.17, 15) is 34.8 Å². The Morgan fingerprint density at radius 1 is 0.857 bits per heavy atom. The van der Waals surface area contributed by atoms with E-state index in [4.69, 9.17) is 0 Å². The molecule has 0 unspecified atom stereocenters. The minimum Gasteiger partial charge on any atom is -0.310 e. The van der Waals surface area contributed by atoms with Gasteiger partial charge >= 0.3 is 12.4 Å². The van der Waals surface area contributed by atoms with E-state index < -0.39 is 44.4 Å². The van der Waals surface area contributed by atoms with Crippen molar-refractivity contribution in [1.29, 1.82) is 0 Å². The molecule has 0 bridgehead atoms. The third-order valence-corrected chi connectivity index (χ3v) is 9.39. The molecule has 5 nitrogen and oxygen atoms in total. The second kappa shape index (κ2) is 11.7. The number of nitrogens with one attached hydrogen (secondary N) is 1. The summed E-state index contributed by atoms with van der Waals surface area (Å²) in [4.78, 5) is 3.33. The molecule has 42 heavy (non-hydrogen) atoms. The third-order valence-electron chi connectivity index (χ3n) is 7.46. The van der Waals surface area contributed by atoms with E-state index in [2.05, 4.69) is 10.3 Å².